The molecule has 0 spiro atoms. The molecule has 0 aromatic carbocycles. The number of ether oxygens (including phenoxy) is 2. The maximum Gasteiger partial charge on any atom is 0.325 e. The molecule has 4 aromatic heterocycles. The number of nitrogens with two attached hydrogens (primary N) is 2. The van der Waals surface area contributed by atoms with E-state index in [0.29, 0.717) is 11.3 Å². The van der Waals surface area contributed by atoms with Gasteiger partial charge in [0.25, 0.3) is 11.2 Å². The van der Waals surface area contributed by atoms with Gasteiger partial charge in [-0.15, -0.1) is 4.68 Å². The van der Waals surface area contributed by atoms with Gasteiger partial charge in [-0.25, -0.2) is 4.98 Å². The fraction of sp³-hybridized carbons (Fsp3) is 0.500. The molecule has 7 rings (SSSR count). The zero-order valence-corrected chi connectivity index (χ0v) is 25.3. The number of aromatic amines is 1. The van der Waals surface area contributed by atoms with Gasteiger partial charge in [0.15, 0.2) is 17.4 Å². The summed E-state index contributed by atoms with van der Waals surface area (Å²) in [6, 6.07) is 1.62. The SMILES string of the molecule is Nc1nc2c(ncn2[C@@H]2O[C@@H]3COP(O)(=S)O[C@H]4C[C@H]([n+]5cnc6c(N)ccnn65)O[C@@H]4COP(O)(=S)O[C@@H]2C3)c(=O)[nH]1. The third-order valence-corrected chi connectivity index (χ3v) is 10.3. The van der Waals surface area contributed by atoms with Crippen molar-refractivity contribution in [3.8, 4) is 0 Å². The Balaban J connectivity index is 1.17. The maximum atomic E-state index is 12.3. The van der Waals surface area contributed by atoms with E-state index in [4.69, 9.17) is 62.6 Å². The summed E-state index contributed by atoms with van der Waals surface area (Å²) in [4.78, 5) is 49.3. The number of fused-ring (bicyclic) bond motifs is 5. The van der Waals surface area contributed by atoms with Crippen LogP contribution in [-0.4, -0.2) is 81.6 Å². The van der Waals surface area contributed by atoms with Crippen LogP contribution in [-0.2, 0) is 51.2 Å². The minimum Gasteiger partial charge on any atom is -0.394 e. The molecule has 8 atom stereocenters. The van der Waals surface area contributed by atoms with E-state index in [2.05, 4.69) is 25.0 Å². The normalized spacial score (nSPS) is 35.4. The minimum atomic E-state index is -3.93. The van der Waals surface area contributed by atoms with E-state index in [1.165, 1.54) is 28.0 Å². The Hall–Kier alpha value is -2.52. The summed E-state index contributed by atoms with van der Waals surface area (Å²) in [6.07, 6.45) is -0.271. The molecule has 7 heterocycles. The number of hydrogen-bond donors (Lipinski definition) is 5. The first-order chi connectivity index (χ1) is 20.5. The van der Waals surface area contributed by atoms with Crippen LogP contribution in [0.2, 0.25) is 0 Å². The Kier molecular flexibility index (Phi) is 7.35. The van der Waals surface area contributed by atoms with E-state index in [1.807, 2.05) is 0 Å². The first kappa shape index (κ1) is 29.2. The Morgan fingerprint density at radius 2 is 1.79 bits per heavy atom. The lowest BCUT2D eigenvalue weighted by Crippen LogP contribution is -2.45. The number of hydrogen-bond acceptors (Lipinski definition) is 15. The second kappa shape index (κ2) is 10.8. The lowest BCUT2D eigenvalue weighted by molar-refractivity contribution is -0.820. The summed E-state index contributed by atoms with van der Waals surface area (Å²) in [7, 11) is 0. The number of H-pyrrole nitrogens is 1. The second-order valence-corrected chi connectivity index (χ2v) is 15.5. The number of nitrogens with zero attached hydrogens (tertiary/aromatic N) is 7. The smallest absolute Gasteiger partial charge is 0.325 e. The molecular formula is C20H25N10O9P2S2+. The number of nitrogens with one attached hydrogen (secondary N) is 1. The third-order valence-electron chi connectivity index (χ3n) is 7.10. The predicted molar refractivity (Wildman–Crippen MR) is 152 cm³/mol. The van der Waals surface area contributed by atoms with Gasteiger partial charge < -0.3 is 48.8 Å². The molecule has 3 aliphatic rings. The van der Waals surface area contributed by atoms with Crippen LogP contribution in [0.1, 0.15) is 25.3 Å². The lowest BCUT2D eigenvalue weighted by Gasteiger charge is -2.27. The summed E-state index contributed by atoms with van der Waals surface area (Å²) in [6.45, 7) is -8.23. The molecule has 3 fully saturated rings. The van der Waals surface area contributed by atoms with E-state index in [-0.39, 0.29) is 43.2 Å². The summed E-state index contributed by atoms with van der Waals surface area (Å²) < 4.78 is 40.0. The molecule has 0 amide bonds. The highest BCUT2D eigenvalue weighted by atomic mass is 32.5. The zero-order valence-electron chi connectivity index (χ0n) is 21.9. The molecule has 2 unspecified atom stereocenters. The average molecular weight is 676 g/mol. The molecular weight excluding hydrogens is 650 g/mol. The number of rotatable bonds is 2. The summed E-state index contributed by atoms with van der Waals surface area (Å²) in [5.41, 5.74) is 12.2. The minimum absolute atomic E-state index is 0.0188. The van der Waals surface area contributed by atoms with Gasteiger partial charge in [0.05, 0.1) is 25.6 Å². The van der Waals surface area contributed by atoms with E-state index in [0.717, 1.165) is 0 Å². The van der Waals surface area contributed by atoms with Gasteiger partial charge in [-0.3, -0.25) is 14.3 Å². The van der Waals surface area contributed by atoms with Gasteiger partial charge in [0.1, 0.15) is 30.2 Å². The van der Waals surface area contributed by atoms with Crippen LogP contribution in [0.4, 0.5) is 11.6 Å². The van der Waals surface area contributed by atoms with Crippen molar-refractivity contribution in [2.24, 2.45) is 0 Å². The quantitative estimate of drug-likeness (QED) is 0.128. The molecule has 19 nitrogen and oxygen atoms in total. The monoisotopic (exact) mass is 675 g/mol. The van der Waals surface area contributed by atoms with Crippen molar-refractivity contribution in [2.45, 2.75) is 49.7 Å². The lowest BCUT2D eigenvalue weighted by atomic mass is 10.2. The van der Waals surface area contributed by atoms with Crippen LogP contribution in [0, 0.1) is 0 Å². The van der Waals surface area contributed by atoms with Crippen molar-refractivity contribution >= 4 is 65.5 Å². The van der Waals surface area contributed by atoms with E-state index < -0.39 is 55.9 Å². The molecule has 0 saturated carbocycles. The van der Waals surface area contributed by atoms with Crippen LogP contribution < -0.4 is 21.7 Å². The van der Waals surface area contributed by atoms with Gasteiger partial charge in [-0.05, 0) is 33.3 Å². The highest BCUT2D eigenvalue weighted by molar-refractivity contribution is 8.07. The van der Waals surface area contributed by atoms with Crippen LogP contribution >= 0.6 is 13.4 Å². The van der Waals surface area contributed by atoms with Gasteiger partial charge in [0, 0.05) is 18.9 Å². The summed E-state index contributed by atoms with van der Waals surface area (Å²) >= 11 is 10.7. The Morgan fingerprint density at radius 3 is 2.60 bits per heavy atom. The van der Waals surface area contributed by atoms with Crippen LogP contribution in [0.3, 0.4) is 0 Å². The number of imidazole rings is 1. The summed E-state index contributed by atoms with van der Waals surface area (Å²) in [5, 5.41) is 4.27. The molecule has 0 aliphatic carbocycles. The van der Waals surface area contributed by atoms with Crippen LogP contribution in [0.25, 0.3) is 16.8 Å². The predicted octanol–water partition coefficient (Wildman–Crippen LogP) is -0.860. The second-order valence-electron chi connectivity index (χ2n) is 9.97. The number of anilines is 2. The number of nitrogen functional groups attached to an aromatic ring is 2. The Labute approximate surface area is 251 Å². The fourth-order valence-electron chi connectivity index (χ4n) is 5.24. The van der Waals surface area contributed by atoms with Crippen molar-refractivity contribution in [3.05, 3.63) is 35.3 Å². The maximum absolute atomic E-state index is 12.3. The van der Waals surface area contributed by atoms with Gasteiger partial charge >= 0.3 is 13.4 Å². The molecule has 3 saturated heterocycles. The molecule has 0 radical (unpaired) electrons. The highest BCUT2D eigenvalue weighted by Crippen LogP contribution is 2.53. The van der Waals surface area contributed by atoms with Crippen molar-refractivity contribution in [1.29, 1.82) is 0 Å². The van der Waals surface area contributed by atoms with Crippen LogP contribution in [0.15, 0.2) is 29.7 Å². The topological polar surface area (TPSA) is 246 Å². The largest absolute Gasteiger partial charge is 0.394 e. The first-order valence-electron chi connectivity index (χ1n) is 12.8. The molecule has 230 valence electrons. The van der Waals surface area contributed by atoms with E-state index in [1.54, 1.807) is 10.7 Å². The van der Waals surface area contributed by atoms with Crippen molar-refractivity contribution < 1.29 is 42.0 Å². The van der Waals surface area contributed by atoms with Crippen molar-refractivity contribution in [1.82, 2.24) is 34.2 Å². The van der Waals surface area contributed by atoms with Crippen LogP contribution in [0.5, 0.6) is 0 Å². The highest BCUT2D eigenvalue weighted by Gasteiger charge is 2.47. The van der Waals surface area contributed by atoms with E-state index in [9.17, 15) is 14.6 Å². The molecule has 7 N–H and O–H groups in total. The fourth-order valence-corrected chi connectivity index (χ4v) is 8.18. The molecule has 4 aromatic rings. The van der Waals surface area contributed by atoms with Gasteiger partial charge in [-0.1, -0.05) is 4.98 Å². The zero-order chi connectivity index (χ0) is 30.1. The molecule has 2 bridgehead atoms. The average Bonchev–Trinajstić information content (AvgIpc) is 3.71. The number of aromatic nitrogens is 8. The van der Waals surface area contributed by atoms with Crippen molar-refractivity contribution in [3.63, 3.8) is 0 Å². The van der Waals surface area contributed by atoms with Gasteiger partial charge in [0.2, 0.25) is 18.5 Å². The van der Waals surface area contributed by atoms with Gasteiger partial charge in [-0.2, -0.15) is 4.98 Å². The Bertz CT molecular complexity index is 1870. The summed E-state index contributed by atoms with van der Waals surface area (Å²) in [5.74, 6) is -0.128. The third kappa shape index (κ3) is 5.60. The molecule has 3 aliphatic heterocycles. The molecule has 43 heavy (non-hydrogen) atoms. The standard InChI is InChI=1S/C20H24N10O9P2S2/c21-10-1-2-25-30-16(10)24-8-29(30)14-4-11-13(37-14)6-35-41(33,43)39-12-3-9(5-34-40(32,42)38-11)36-19(12)28-7-23-15-17(28)26-20(22)27-18(15)31/h1-2,7-9,11-14,19H,3-6H2,(H6-,21,22,25,26,27,31,32,33,42,43)/p+1/t9-,11-,12+,13+,14+,19+,40?,41?/m0/s1. The Morgan fingerprint density at radius 1 is 1.02 bits per heavy atom. The molecule has 23 heteroatoms. The first-order valence-corrected chi connectivity index (χ1v) is 18.0. The van der Waals surface area contributed by atoms with E-state index >= 15 is 0 Å². The van der Waals surface area contributed by atoms with Crippen molar-refractivity contribution in [2.75, 3.05) is 24.7 Å².